The number of halogens is 1. The van der Waals surface area contributed by atoms with E-state index in [1.807, 2.05) is 59.3 Å². The second kappa shape index (κ2) is 12.5. The number of nitrogens with zero attached hydrogens (tertiary/aromatic N) is 3. The first-order valence-electron chi connectivity index (χ1n) is 12.6. The zero-order valence-electron chi connectivity index (χ0n) is 20.6. The maximum absolute atomic E-state index is 12.3. The van der Waals surface area contributed by atoms with E-state index in [2.05, 4.69) is 35.0 Å². The van der Waals surface area contributed by atoms with Crippen LogP contribution in [-0.4, -0.2) is 39.2 Å². The van der Waals surface area contributed by atoms with Crippen LogP contribution in [0.1, 0.15) is 41.6 Å². The minimum absolute atomic E-state index is 0.193. The summed E-state index contributed by atoms with van der Waals surface area (Å²) in [4.78, 5) is 6.74. The molecule has 4 aromatic rings. The molecule has 3 heterocycles. The Kier molecular flexibility index (Phi) is 8.90. The van der Waals surface area contributed by atoms with Crippen LogP contribution in [0, 0.1) is 12.8 Å². The molecule has 0 spiro atoms. The third-order valence-corrected chi connectivity index (χ3v) is 6.57. The van der Waals surface area contributed by atoms with Crippen LogP contribution in [0.2, 0.25) is 0 Å². The number of aromatic hydroxyl groups is 1. The number of aryl methyl sites for hydroxylation is 3. The molecule has 0 unspecified atom stereocenters. The van der Waals surface area contributed by atoms with Crippen molar-refractivity contribution < 1.29 is 9.50 Å². The van der Waals surface area contributed by atoms with Crippen LogP contribution in [0.15, 0.2) is 79.1 Å². The van der Waals surface area contributed by atoms with E-state index in [0.717, 1.165) is 37.4 Å². The summed E-state index contributed by atoms with van der Waals surface area (Å²) in [5.41, 5.74) is 6.14. The van der Waals surface area contributed by atoms with Crippen molar-refractivity contribution in [2.75, 3.05) is 19.8 Å². The third-order valence-electron chi connectivity index (χ3n) is 6.57. The molecule has 0 atom stereocenters. The largest absolute Gasteiger partial charge is 0.508 e. The highest BCUT2D eigenvalue weighted by atomic mass is 19.1. The van der Waals surface area contributed by atoms with Gasteiger partial charge in [-0.1, -0.05) is 54.4 Å². The number of hydrogen-bond donors (Lipinski definition) is 1. The van der Waals surface area contributed by atoms with Crippen molar-refractivity contribution in [3.05, 3.63) is 102 Å². The first kappa shape index (κ1) is 24.9. The molecule has 0 saturated carbocycles. The van der Waals surface area contributed by atoms with E-state index < -0.39 is 0 Å². The van der Waals surface area contributed by atoms with Crippen LogP contribution < -0.4 is 0 Å². The number of benzene rings is 2. The van der Waals surface area contributed by atoms with Gasteiger partial charge >= 0.3 is 0 Å². The van der Waals surface area contributed by atoms with Gasteiger partial charge in [-0.05, 0) is 68.0 Å². The average molecular weight is 474 g/mol. The standard InChI is InChI=1S/C12H14FN3.C11H14O.C7H8/c13-5-10-6-15(7-10)8-11-9-16-4-2-1-3-12(16)14-11;12-11-7-6-9-4-2-1-3-5-10(9)8-11;1-7-5-3-2-4-6-7/h1-4,9-10H,5-8H2;6-8,12H,1-5H2;2-6H,1H3. The lowest BCUT2D eigenvalue weighted by Crippen LogP contribution is -2.46. The van der Waals surface area contributed by atoms with Crippen molar-refractivity contribution in [2.24, 2.45) is 5.92 Å². The number of imidazole rings is 1. The van der Waals surface area contributed by atoms with Crippen LogP contribution in [0.5, 0.6) is 5.75 Å². The summed E-state index contributed by atoms with van der Waals surface area (Å²) >= 11 is 0. The van der Waals surface area contributed by atoms with Gasteiger partial charge in [0.15, 0.2) is 0 Å². The summed E-state index contributed by atoms with van der Waals surface area (Å²) in [6, 6.07) is 22.0. The van der Waals surface area contributed by atoms with E-state index in [-0.39, 0.29) is 12.6 Å². The smallest absolute Gasteiger partial charge is 0.137 e. The maximum atomic E-state index is 12.3. The molecule has 0 amide bonds. The molecule has 0 bridgehead atoms. The maximum Gasteiger partial charge on any atom is 0.137 e. The number of fused-ring (bicyclic) bond motifs is 2. The Morgan fingerprint density at radius 2 is 1.66 bits per heavy atom. The quantitative estimate of drug-likeness (QED) is 0.351. The Morgan fingerprint density at radius 3 is 2.34 bits per heavy atom. The molecule has 1 saturated heterocycles. The lowest BCUT2D eigenvalue weighted by atomic mass is 10.0. The minimum atomic E-state index is -0.193. The van der Waals surface area contributed by atoms with Crippen molar-refractivity contribution in [1.82, 2.24) is 14.3 Å². The molecule has 1 fully saturated rings. The Hall–Kier alpha value is -3.18. The van der Waals surface area contributed by atoms with E-state index in [0.29, 0.717) is 5.75 Å². The lowest BCUT2D eigenvalue weighted by molar-refractivity contribution is 0.0727. The molecule has 2 aliphatic rings. The first-order chi connectivity index (χ1) is 17.1. The summed E-state index contributed by atoms with van der Waals surface area (Å²) in [7, 11) is 0. The highest BCUT2D eigenvalue weighted by Gasteiger charge is 2.26. The minimum Gasteiger partial charge on any atom is -0.508 e. The van der Waals surface area contributed by atoms with Crippen LogP contribution >= 0.6 is 0 Å². The van der Waals surface area contributed by atoms with Crippen molar-refractivity contribution in [3.63, 3.8) is 0 Å². The van der Waals surface area contributed by atoms with Gasteiger partial charge in [0, 0.05) is 37.9 Å². The molecule has 0 radical (unpaired) electrons. The summed E-state index contributed by atoms with van der Waals surface area (Å²) in [6.45, 7) is 4.45. The molecule has 1 N–H and O–H groups in total. The second-order valence-corrected chi connectivity index (χ2v) is 9.58. The number of phenols is 1. The van der Waals surface area contributed by atoms with E-state index in [4.69, 9.17) is 0 Å². The topological polar surface area (TPSA) is 40.8 Å². The molecule has 35 heavy (non-hydrogen) atoms. The Morgan fingerprint density at radius 1 is 0.914 bits per heavy atom. The van der Waals surface area contributed by atoms with Gasteiger partial charge in [0.2, 0.25) is 0 Å². The normalized spacial score (nSPS) is 15.6. The molecule has 1 aliphatic carbocycles. The van der Waals surface area contributed by atoms with Gasteiger partial charge in [0.1, 0.15) is 11.4 Å². The van der Waals surface area contributed by atoms with Gasteiger partial charge < -0.3 is 9.51 Å². The number of alkyl halides is 1. The Balaban J connectivity index is 0.000000134. The number of aromatic nitrogens is 2. The number of phenolic OH excluding ortho intramolecular Hbond substituents is 1. The fourth-order valence-electron chi connectivity index (χ4n) is 4.63. The fraction of sp³-hybridized carbons (Fsp3) is 0.367. The number of hydrogen-bond acceptors (Lipinski definition) is 3. The Labute approximate surface area is 208 Å². The zero-order valence-corrected chi connectivity index (χ0v) is 20.6. The number of rotatable bonds is 3. The molecule has 1 aliphatic heterocycles. The van der Waals surface area contributed by atoms with E-state index in [1.165, 1.54) is 42.4 Å². The van der Waals surface area contributed by atoms with Crippen LogP contribution in [0.4, 0.5) is 4.39 Å². The average Bonchev–Trinajstić information content (AvgIpc) is 3.12. The Bertz CT molecular complexity index is 1150. The van der Waals surface area contributed by atoms with Gasteiger partial charge in [-0.3, -0.25) is 9.29 Å². The van der Waals surface area contributed by atoms with Crippen molar-refractivity contribution in [2.45, 2.75) is 45.6 Å². The van der Waals surface area contributed by atoms with Gasteiger partial charge in [-0.2, -0.15) is 0 Å². The van der Waals surface area contributed by atoms with Crippen LogP contribution in [0.25, 0.3) is 5.65 Å². The molecule has 2 aromatic heterocycles. The molecule has 184 valence electrons. The molecule has 5 heteroatoms. The monoisotopic (exact) mass is 473 g/mol. The second-order valence-electron chi connectivity index (χ2n) is 9.58. The SMILES string of the molecule is Cc1ccccc1.FCC1CN(Cc2cn3ccccc3n2)C1.Oc1ccc2c(c1)CCCCC2. The van der Waals surface area contributed by atoms with Crippen molar-refractivity contribution in [3.8, 4) is 5.75 Å². The predicted molar refractivity (Wildman–Crippen MR) is 140 cm³/mol. The van der Waals surface area contributed by atoms with Gasteiger partial charge in [0.05, 0.1) is 12.4 Å². The number of pyridine rings is 1. The molecule has 2 aromatic carbocycles. The molecular formula is C30H36FN3O. The van der Waals surface area contributed by atoms with Gasteiger partial charge in [0.25, 0.3) is 0 Å². The van der Waals surface area contributed by atoms with Crippen LogP contribution in [0.3, 0.4) is 0 Å². The summed E-state index contributed by atoms with van der Waals surface area (Å²) in [6.07, 6.45) is 10.3. The van der Waals surface area contributed by atoms with E-state index in [1.54, 1.807) is 6.07 Å². The van der Waals surface area contributed by atoms with E-state index in [9.17, 15) is 9.50 Å². The van der Waals surface area contributed by atoms with Crippen molar-refractivity contribution in [1.29, 1.82) is 0 Å². The lowest BCUT2D eigenvalue weighted by Gasteiger charge is -2.37. The zero-order chi connectivity index (χ0) is 24.5. The number of likely N-dealkylation sites (tertiary alicyclic amines) is 1. The van der Waals surface area contributed by atoms with Crippen LogP contribution in [-0.2, 0) is 19.4 Å². The third kappa shape index (κ3) is 7.40. The first-order valence-corrected chi connectivity index (χ1v) is 12.6. The highest BCUT2D eigenvalue weighted by molar-refractivity contribution is 5.39. The predicted octanol–water partition coefficient (Wildman–Crippen LogP) is 6.39. The van der Waals surface area contributed by atoms with E-state index >= 15 is 0 Å². The van der Waals surface area contributed by atoms with Gasteiger partial charge in [-0.15, -0.1) is 0 Å². The summed E-state index contributed by atoms with van der Waals surface area (Å²) in [5.74, 6) is 0.660. The molecule has 4 nitrogen and oxygen atoms in total. The molecular weight excluding hydrogens is 437 g/mol. The molecule has 6 rings (SSSR count). The van der Waals surface area contributed by atoms with Crippen molar-refractivity contribution >= 4 is 5.65 Å². The summed E-state index contributed by atoms with van der Waals surface area (Å²) in [5, 5.41) is 9.28. The van der Waals surface area contributed by atoms with Gasteiger partial charge in [-0.25, -0.2) is 4.98 Å². The summed E-state index contributed by atoms with van der Waals surface area (Å²) < 4.78 is 14.3. The fourth-order valence-corrected chi connectivity index (χ4v) is 4.63. The highest BCUT2D eigenvalue weighted by Crippen LogP contribution is 2.24.